The molecule has 91 heavy (non-hydrogen) atoms. The predicted octanol–water partition coefficient (Wildman–Crippen LogP) is 23.4. The summed E-state index contributed by atoms with van der Waals surface area (Å²) in [7, 11) is -4.42. The molecule has 0 bridgehead atoms. The Morgan fingerprint density at radius 1 is 0.330 bits per heavy atom. The molecule has 0 aromatic rings. The van der Waals surface area contributed by atoms with E-state index in [4.69, 9.17) is 24.3 Å². The summed E-state index contributed by atoms with van der Waals surface area (Å²) in [6, 6.07) is 0. The van der Waals surface area contributed by atoms with E-state index in [-0.39, 0.29) is 32.6 Å². The molecule has 0 amide bonds. The number of ether oxygens (including phenoxy) is 2. The summed E-state index contributed by atoms with van der Waals surface area (Å²) in [5.41, 5.74) is 5.40. The largest absolute Gasteiger partial charge is 0.472 e. The Labute approximate surface area is 555 Å². The fourth-order valence-corrected chi connectivity index (χ4v) is 9.24. The highest BCUT2D eigenvalue weighted by atomic mass is 31.2. The highest BCUT2D eigenvalue weighted by molar-refractivity contribution is 7.47. The van der Waals surface area contributed by atoms with E-state index >= 15 is 0 Å². The molecule has 2 unspecified atom stereocenters. The van der Waals surface area contributed by atoms with Gasteiger partial charge < -0.3 is 20.1 Å². The maximum Gasteiger partial charge on any atom is 0.472 e. The molecule has 10 heteroatoms. The van der Waals surface area contributed by atoms with Crippen LogP contribution in [-0.2, 0) is 32.7 Å². The Morgan fingerprint density at radius 2 is 0.571 bits per heavy atom. The van der Waals surface area contributed by atoms with Crippen LogP contribution < -0.4 is 5.73 Å². The summed E-state index contributed by atoms with van der Waals surface area (Å²) >= 11 is 0. The highest BCUT2D eigenvalue weighted by Crippen LogP contribution is 2.43. The summed E-state index contributed by atoms with van der Waals surface area (Å²) < 4.78 is 33.1. The van der Waals surface area contributed by atoms with Crippen molar-refractivity contribution in [2.75, 3.05) is 26.4 Å². The van der Waals surface area contributed by atoms with Crippen molar-refractivity contribution >= 4 is 19.8 Å². The fourth-order valence-electron chi connectivity index (χ4n) is 8.48. The summed E-state index contributed by atoms with van der Waals surface area (Å²) in [5.74, 6) is -0.895. The van der Waals surface area contributed by atoms with Gasteiger partial charge in [0.05, 0.1) is 13.2 Å². The van der Waals surface area contributed by atoms with Gasteiger partial charge >= 0.3 is 19.8 Å². The zero-order valence-corrected chi connectivity index (χ0v) is 57.6. The first-order valence-corrected chi connectivity index (χ1v) is 36.4. The molecule has 0 spiro atoms. The number of allylic oxidation sites excluding steroid dienone is 38. The molecule has 0 saturated carbocycles. The third-order valence-electron chi connectivity index (χ3n) is 13.5. The number of carbonyl (C=O) groups is 2. The third kappa shape index (κ3) is 73.0. The number of hydrogen-bond acceptors (Lipinski definition) is 8. The van der Waals surface area contributed by atoms with Crippen molar-refractivity contribution < 1.29 is 37.6 Å². The van der Waals surface area contributed by atoms with Crippen molar-refractivity contribution in [1.82, 2.24) is 0 Å². The molecule has 0 aliphatic heterocycles. The molecule has 9 nitrogen and oxygen atoms in total. The van der Waals surface area contributed by atoms with Crippen LogP contribution in [0.2, 0.25) is 0 Å². The minimum Gasteiger partial charge on any atom is -0.462 e. The van der Waals surface area contributed by atoms with Gasteiger partial charge in [0.25, 0.3) is 0 Å². The molecule has 0 heterocycles. The van der Waals surface area contributed by atoms with Crippen LogP contribution in [0.25, 0.3) is 0 Å². The van der Waals surface area contributed by atoms with Crippen molar-refractivity contribution in [3.05, 3.63) is 231 Å². The number of nitrogens with two attached hydrogens (primary N) is 1. The number of phosphoric acid groups is 1. The Bertz CT molecular complexity index is 2340. The maximum atomic E-state index is 12.8. The maximum absolute atomic E-state index is 12.8. The molecule has 0 aliphatic carbocycles. The van der Waals surface area contributed by atoms with Crippen molar-refractivity contribution in [1.29, 1.82) is 0 Å². The van der Waals surface area contributed by atoms with Crippen LogP contribution >= 0.6 is 7.82 Å². The van der Waals surface area contributed by atoms with Crippen LogP contribution in [0.15, 0.2) is 231 Å². The standard InChI is InChI=1S/C81H124NO8P/c1-3-5-7-9-11-13-15-17-19-21-23-25-27-29-31-33-35-36-37-38-39-40-41-42-44-46-48-50-52-54-56-58-60-62-64-66-68-70-72-74-81(84)90-79(78-89-91(85,86)88-76-75-82)77-87-80(83)73-71-69-67-65-63-61-59-57-55-53-51-49-47-45-43-34-32-30-28-26-24-22-20-18-16-14-12-10-8-6-4-2/h5-8,11-14,17-20,23-26,29-32,35-36,38-39,41-43,45-46,48-49,51-52,54-55,57,61,63,79H,3-4,9-10,15-16,21-22,27-28,33-34,37,40,44,47,50,53,56,58-60,62,64-78,82H2,1-2H3,(H,85,86)/b7-5-,8-6-,13-11-,14-12-,19-17-,20-18-,25-23-,26-24-,31-29-,32-30-,36-35-,39-38-,42-41-,45-43-,48-46-,51-49-,54-52-,57-55-,63-61-. The van der Waals surface area contributed by atoms with E-state index < -0.39 is 32.5 Å². The van der Waals surface area contributed by atoms with Gasteiger partial charge in [-0.25, -0.2) is 4.57 Å². The Kier molecular flexibility index (Phi) is 68.4. The fraction of sp³-hybridized carbons (Fsp3) is 0.506. The Hall–Kier alpha value is -5.93. The smallest absolute Gasteiger partial charge is 0.462 e. The lowest BCUT2D eigenvalue weighted by molar-refractivity contribution is -0.161. The van der Waals surface area contributed by atoms with E-state index in [0.29, 0.717) is 12.8 Å². The second kappa shape index (κ2) is 73.1. The van der Waals surface area contributed by atoms with Crippen LogP contribution in [-0.4, -0.2) is 49.3 Å². The average molecular weight is 1270 g/mol. The van der Waals surface area contributed by atoms with E-state index in [9.17, 15) is 19.0 Å². The van der Waals surface area contributed by atoms with Gasteiger partial charge in [0.15, 0.2) is 6.10 Å². The molecular weight excluding hydrogens is 1150 g/mol. The molecule has 0 radical (unpaired) electrons. The molecule has 0 aromatic heterocycles. The topological polar surface area (TPSA) is 134 Å². The van der Waals surface area contributed by atoms with E-state index in [2.05, 4.69) is 245 Å². The summed E-state index contributed by atoms with van der Waals surface area (Å²) in [5, 5.41) is 0. The Morgan fingerprint density at radius 3 is 0.857 bits per heavy atom. The second-order valence-corrected chi connectivity index (χ2v) is 23.4. The number of rotatable bonds is 62. The molecule has 0 aromatic carbocycles. The number of hydrogen-bond donors (Lipinski definition) is 2. The van der Waals surface area contributed by atoms with Crippen molar-refractivity contribution in [2.24, 2.45) is 5.73 Å². The van der Waals surface area contributed by atoms with Crippen LogP contribution in [0.5, 0.6) is 0 Å². The van der Waals surface area contributed by atoms with Gasteiger partial charge in [-0.3, -0.25) is 18.6 Å². The number of carbonyl (C=O) groups excluding carboxylic acids is 2. The first-order chi connectivity index (χ1) is 44.8. The number of esters is 2. The van der Waals surface area contributed by atoms with Gasteiger partial charge in [-0.1, -0.05) is 290 Å². The lowest BCUT2D eigenvalue weighted by Crippen LogP contribution is -2.29. The third-order valence-corrected chi connectivity index (χ3v) is 14.5. The van der Waals surface area contributed by atoms with Crippen molar-refractivity contribution in [3.8, 4) is 0 Å². The van der Waals surface area contributed by atoms with Gasteiger partial charge in [-0.15, -0.1) is 0 Å². The van der Waals surface area contributed by atoms with Gasteiger partial charge in [-0.2, -0.15) is 0 Å². The van der Waals surface area contributed by atoms with Crippen LogP contribution in [0.1, 0.15) is 232 Å². The quantitative estimate of drug-likeness (QED) is 0.0264. The SMILES string of the molecule is CC/C=C\C/C=C\C/C=C\C/C=C\C/C=C\C/C=C\C/C=C\C/C=C\C/C=C\C/C=C\CCCCCCCCCCC(=O)OC(COC(=O)CCCCC/C=C\C/C=C\C/C=C\C/C=C\C/C=C\C/C=C\C/C=C\C/C=C\C/C=C\CC)COP(=O)(O)OCCN. The second-order valence-electron chi connectivity index (χ2n) is 21.9. The molecule has 3 N–H and O–H groups in total. The summed E-state index contributed by atoms with van der Waals surface area (Å²) in [6.45, 7) is 3.43. The molecule has 2 atom stereocenters. The van der Waals surface area contributed by atoms with Crippen LogP contribution in [0, 0.1) is 0 Å². The molecule has 0 rings (SSSR count). The van der Waals surface area contributed by atoms with E-state index in [1.165, 1.54) is 25.7 Å². The van der Waals surface area contributed by atoms with E-state index in [1.807, 2.05) is 0 Å². The van der Waals surface area contributed by atoms with Crippen molar-refractivity contribution in [2.45, 2.75) is 238 Å². The van der Waals surface area contributed by atoms with Crippen molar-refractivity contribution in [3.63, 3.8) is 0 Å². The highest BCUT2D eigenvalue weighted by Gasteiger charge is 2.26. The summed E-state index contributed by atoms with van der Waals surface area (Å²) in [4.78, 5) is 35.3. The first kappa shape index (κ1) is 85.1. The number of phosphoric ester groups is 1. The molecule has 0 saturated heterocycles. The zero-order valence-electron chi connectivity index (χ0n) is 56.7. The van der Waals surface area contributed by atoms with E-state index in [0.717, 1.165) is 167 Å². The first-order valence-electron chi connectivity index (χ1n) is 34.9. The zero-order chi connectivity index (χ0) is 65.8. The van der Waals surface area contributed by atoms with Gasteiger partial charge in [0, 0.05) is 19.4 Å². The van der Waals surface area contributed by atoms with Gasteiger partial charge in [-0.05, 0) is 161 Å². The Balaban J connectivity index is 4.08. The molecule has 0 aliphatic rings. The van der Waals surface area contributed by atoms with E-state index in [1.54, 1.807) is 0 Å². The lowest BCUT2D eigenvalue weighted by Gasteiger charge is -2.19. The van der Waals surface area contributed by atoms with Crippen LogP contribution in [0.3, 0.4) is 0 Å². The molecule has 0 fully saturated rings. The number of unbranched alkanes of at least 4 members (excludes halogenated alkanes) is 11. The van der Waals surface area contributed by atoms with Gasteiger partial charge in [0.1, 0.15) is 6.61 Å². The normalized spacial score (nSPS) is 14.4. The molecule has 506 valence electrons. The minimum absolute atomic E-state index is 0.0340. The van der Waals surface area contributed by atoms with Crippen LogP contribution in [0.4, 0.5) is 0 Å². The molecular formula is C81H124NO8P. The average Bonchev–Trinajstić information content (AvgIpc) is 3.71. The monoisotopic (exact) mass is 1270 g/mol. The predicted molar refractivity (Wildman–Crippen MR) is 394 cm³/mol. The van der Waals surface area contributed by atoms with Gasteiger partial charge in [0.2, 0.25) is 0 Å². The summed E-state index contributed by atoms with van der Waals surface area (Å²) in [6.07, 6.45) is 116. The minimum atomic E-state index is -4.42. The lowest BCUT2D eigenvalue weighted by atomic mass is 10.1.